The Balaban J connectivity index is 2.47. The summed E-state index contributed by atoms with van der Waals surface area (Å²) in [5.41, 5.74) is 4.82. The normalized spacial score (nSPS) is 12.2. The molecule has 0 spiro atoms. The fourth-order valence-corrected chi connectivity index (χ4v) is 2.55. The Morgan fingerprint density at radius 3 is 2.70 bits per heavy atom. The van der Waals surface area contributed by atoms with Crippen LogP contribution in [-0.2, 0) is 6.42 Å². The van der Waals surface area contributed by atoms with Crippen LogP contribution in [0.1, 0.15) is 35.3 Å². The van der Waals surface area contributed by atoms with Gasteiger partial charge in [0.15, 0.2) is 0 Å². The van der Waals surface area contributed by atoms with Crippen molar-refractivity contribution < 1.29 is 4.74 Å². The highest BCUT2D eigenvalue weighted by Gasteiger charge is 2.18. The number of aromatic nitrogens is 1. The van der Waals surface area contributed by atoms with E-state index in [0.29, 0.717) is 0 Å². The van der Waals surface area contributed by atoms with E-state index < -0.39 is 0 Å². The van der Waals surface area contributed by atoms with E-state index in [-0.39, 0.29) is 6.04 Å². The lowest BCUT2D eigenvalue weighted by atomic mass is 9.95. The molecule has 1 unspecified atom stereocenters. The van der Waals surface area contributed by atoms with Gasteiger partial charge in [-0.1, -0.05) is 19.1 Å². The number of aryl methyl sites for hydroxylation is 2. The minimum absolute atomic E-state index is 0.108. The molecule has 3 heteroatoms. The highest BCUT2D eigenvalue weighted by Crippen LogP contribution is 2.28. The van der Waals surface area contributed by atoms with Gasteiger partial charge in [-0.25, -0.2) is 0 Å². The van der Waals surface area contributed by atoms with Gasteiger partial charge in [-0.05, 0) is 55.3 Å². The molecule has 20 heavy (non-hydrogen) atoms. The molecule has 1 heterocycles. The molecule has 0 radical (unpaired) electrons. The molecule has 1 atom stereocenters. The maximum absolute atomic E-state index is 5.28. The van der Waals surface area contributed by atoms with E-state index in [9.17, 15) is 0 Å². The summed E-state index contributed by atoms with van der Waals surface area (Å²) < 4.78 is 5.28. The van der Waals surface area contributed by atoms with Crippen molar-refractivity contribution in [3.8, 4) is 5.75 Å². The van der Waals surface area contributed by atoms with E-state index in [1.165, 1.54) is 16.7 Å². The predicted octanol–water partition coefficient (Wildman–Crippen LogP) is 3.27. The van der Waals surface area contributed by atoms with Gasteiger partial charge in [0.25, 0.3) is 0 Å². The highest BCUT2D eigenvalue weighted by atomic mass is 16.5. The topological polar surface area (TPSA) is 34.2 Å². The number of rotatable bonds is 5. The van der Waals surface area contributed by atoms with Crippen molar-refractivity contribution in [3.63, 3.8) is 0 Å². The van der Waals surface area contributed by atoms with Crippen LogP contribution in [-0.4, -0.2) is 19.1 Å². The number of nitrogens with zero attached hydrogens (tertiary/aromatic N) is 1. The lowest BCUT2D eigenvalue weighted by Gasteiger charge is -2.21. The van der Waals surface area contributed by atoms with Gasteiger partial charge < -0.3 is 10.1 Å². The zero-order chi connectivity index (χ0) is 14.5. The van der Waals surface area contributed by atoms with Gasteiger partial charge in [0.05, 0.1) is 18.8 Å². The van der Waals surface area contributed by atoms with Crippen LogP contribution in [0.5, 0.6) is 5.75 Å². The molecule has 0 saturated heterocycles. The molecule has 1 aromatic carbocycles. The minimum Gasteiger partial charge on any atom is -0.497 e. The second-order valence-corrected chi connectivity index (χ2v) is 4.85. The van der Waals surface area contributed by atoms with Gasteiger partial charge in [0.2, 0.25) is 0 Å². The zero-order valence-electron chi connectivity index (χ0n) is 12.6. The van der Waals surface area contributed by atoms with Gasteiger partial charge in [0, 0.05) is 6.20 Å². The third-order valence-corrected chi connectivity index (χ3v) is 3.66. The summed E-state index contributed by atoms with van der Waals surface area (Å²) in [4.78, 5) is 4.59. The first kappa shape index (κ1) is 14.5. The number of pyridine rings is 1. The van der Waals surface area contributed by atoms with Crippen LogP contribution in [0.3, 0.4) is 0 Å². The molecule has 0 aliphatic carbocycles. The Morgan fingerprint density at radius 1 is 1.30 bits per heavy atom. The summed E-state index contributed by atoms with van der Waals surface area (Å²) in [6, 6.07) is 10.4. The number of nitrogens with one attached hydrogen (secondary N) is 1. The Kier molecular flexibility index (Phi) is 4.74. The Bertz CT molecular complexity index is 581. The Labute approximate surface area is 121 Å². The number of ether oxygens (including phenoxy) is 1. The van der Waals surface area contributed by atoms with E-state index in [0.717, 1.165) is 17.9 Å². The average Bonchev–Trinajstić information content (AvgIpc) is 2.50. The maximum Gasteiger partial charge on any atom is 0.119 e. The van der Waals surface area contributed by atoms with Crippen LogP contribution in [0.15, 0.2) is 36.5 Å². The van der Waals surface area contributed by atoms with Crippen molar-refractivity contribution in [1.29, 1.82) is 0 Å². The summed E-state index contributed by atoms with van der Waals surface area (Å²) in [5, 5.41) is 3.38. The van der Waals surface area contributed by atoms with Crippen molar-refractivity contribution in [2.75, 3.05) is 14.2 Å². The largest absolute Gasteiger partial charge is 0.497 e. The summed E-state index contributed by atoms with van der Waals surface area (Å²) in [5.74, 6) is 0.887. The predicted molar refractivity (Wildman–Crippen MR) is 82.2 cm³/mol. The van der Waals surface area contributed by atoms with Gasteiger partial charge in [-0.2, -0.15) is 0 Å². The standard InChI is InChI=1S/C17H22N2O/c1-5-13-7-6-10-19-16(13)17(18-3)15-9-8-14(20-4)11-12(15)2/h6-11,17-18H,5H2,1-4H3. The number of benzene rings is 1. The molecular weight excluding hydrogens is 248 g/mol. The molecule has 0 saturated carbocycles. The fraction of sp³-hybridized carbons (Fsp3) is 0.353. The monoisotopic (exact) mass is 270 g/mol. The van der Waals surface area contributed by atoms with E-state index in [4.69, 9.17) is 4.74 Å². The van der Waals surface area contributed by atoms with Crippen LogP contribution in [0, 0.1) is 6.92 Å². The molecule has 0 aliphatic rings. The maximum atomic E-state index is 5.28. The molecule has 2 rings (SSSR count). The van der Waals surface area contributed by atoms with Crippen LogP contribution < -0.4 is 10.1 Å². The fourth-order valence-electron chi connectivity index (χ4n) is 2.55. The molecule has 2 aromatic rings. The number of hydrogen-bond donors (Lipinski definition) is 1. The van der Waals surface area contributed by atoms with E-state index in [1.807, 2.05) is 25.4 Å². The molecule has 0 aliphatic heterocycles. The molecule has 1 N–H and O–H groups in total. The molecule has 1 aromatic heterocycles. The Morgan fingerprint density at radius 2 is 2.10 bits per heavy atom. The number of methoxy groups -OCH3 is 1. The van der Waals surface area contributed by atoms with Crippen molar-refractivity contribution in [3.05, 3.63) is 58.9 Å². The minimum atomic E-state index is 0.108. The highest BCUT2D eigenvalue weighted by molar-refractivity contribution is 5.41. The van der Waals surface area contributed by atoms with E-state index in [2.05, 4.69) is 42.3 Å². The second kappa shape index (κ2) is 6.53. The first-order valence-electron chi connectivity index (χ1n) is 6.96. The van der Waals surface area contributed by atoms with Crippen molar-refractivity contribution in [2.24, 2.45) is 0 Å². The summed E-state index contributed by atoms with van der Waals surface area (Å²) in [7, 11) is 3.67. The summed E-state index contributed by atoms with van der Waals surface area (Å²) >= 11 is 0. The lowest BCUT2D eigenvalue weighted by molar-refractivity contribution is 0.414. The third kappa shape index (κ3) is 2.83. The SMILES string of the molecule is CCc1cccnc1C(NC)c1ccc(OC)cc1C. The lowest BCUT2D eigenvalue weighted by Crippen LogP contribution is -2.21. The quantitative estimate of drug-likeness (QED) is 0.905. The van der Waals surface area contributed by atoms with Crippen LogP contribution in [0.2, 0.25) is 0 Å². The summed E-state index contributed by atoms with van der Waals surface area (Å²) in [6.45, 7) is 4.27. The van der Waals surface area contributed by atoms with Crippen LogP contribution >= 0.6 is 0 Å². The van der Waals surface area contributed by atoms with Gasteiger partial charge in [-0.3, -0.25) is 4.98 Å². The first-order chi connectivity index (χ1) is 9.71. The van der Waals surface area contributed by atoms with Crippen LogP contribution in [0.4, 0.5) is 0 Å². The smallest absolute Gasteiger partial charge is 0.119 e. The average molecular weight is 270 g/mol. The van der Waals surface area contributed by atoms with E-state index in [1.54, 1.807) is 7.11 Å². The summed E-state index contributed by atoms with van der Waals surface area (Å²) in [6.07, 6.45) is 2.84. The third-order valence-electron chi connectivity index (χ3n) is 3.66. The molecule has 0 amide bonds. The van der Waals surface area contributed by atoms with Crippen molar-refractivity contribution >= 4 is 0 Å². The second-order valence-electron chi connectivity index (χ2n) is 4.85. The Hall–Kier alpha value is -1.87. The molecule has 106 valence electrons. The molecule has 0 bridgehead atoms. The zero-order valence-corrected chi connectivity index (χ0v) is 12.6. The van der Waals surface area contributed by atoms with Gasteiger partial charge in [0.1, 0.15) is 5.75 Å². The molecule has 3 nitrogen and oxygen atoms in total. The molecular formula is C17H22N2O. The van der Waals surface area contributed by atoms with Crippen LogP contribution in [0.25, 0.3) is 0 Å². The first-order valence-corrected chi connectivity index (χ1v) is 6.96. The van der Waals surface area contributed by atoms with E-state index >= 15 is 0 Å². The van der Waals surface area contributed by atoms with Crippen molar-refractivity contribution in [1.82, 2.24) is 10.3 Å². The van der Waals surface area contributed by atoms with Gasteiger partial charge in [-0.15, -0.1) is 0 Å². The van der Waals surface area contributed by atoms with Gasteiger partial charge >= 0.3 is 0 Å². The van der Waals surface area contributed by atoms with Crippen molar-refractivity contribution in [2.45, 2.75) is 26.3 Å². The molecule has 0 fully saturated rings. The number of hydrogen-bond acceptors (Lipinski definition) is 3.